The van der Waals surface area contributed by atoms with Crippen molar-refractivity contribution in [1.29, 1.82) is 0 Å². The Balaban J connectivity index is 1.68. The topological polar surface area (TPSA) is 73.2 Å². The van der Waals surface area contributed by atoms with Gasteiger partial charge in [-0.05, 0) is 42.5 Å². The normalized spacial score (nSPS) is 10.5. The Morgan fingerprint density at radius 2 is 2.04 bits per heavy atom. The fourth-order valence-corrected chi connectivity index (χ4v) is 3.33. The number of methoxy groups -OCH3 is 1. The van der Waals surface area contributed by atoms with Gasteiger partial charge in [0.2, 0.25) is 5.91 Å². The summed E-state index contributed by atoms with van der Waals surface area (Å²) in [5, 5.41) is 3.23. The van der Waals surface area contributed by atoms with Gasteiger partial charge in [0.25, 0.3) is 5.56 Å². The van der Waals surface area contributed by atoms with Crippen molar-refractivity contribution in [2.75, 3.05) is 18.2 Å². The fourth-order valence-electron chi connectivity index (χ4n) is 2.37. The molecular formula is C19H15ClFN3O3S. The number of benzene rings is 2. The van der Waals surface area contributed by atoms with Gasteiger partial charge in [0.05, 0.1) is 17.9 Å². The van der Waals surface area contributed by atoms with Crippen molar-refractivity contribution in [1.82, 2.24) is 9.55 Å². The van der Waals surface area contributed by atoms with Crippen LogP contribution in [0.2, 0.25) is 5.02 Å². The molecule has 1 aromatic heterocycles. The van der Waals surface area contributed by atoms with E-state index in [9.17, 15) is 14.0 Å². The van der Waals surface area contributed by atoms with E-state index in [-0.39, 0.29) is 22.2 Å². The maximum absolute atomic E-state index is 13.1. The number of amides is 1. The Hall–Kier alpha value is -2.84. The number of anilines is 1. The van der Waals surface area contributed by atoms with E-state index in [4.69, 9.17) is 16.3 Å². The number of halogens is 2. The second-order valence-corrected chi connectivity index (χ2v) is 6.94. The first-order valence-electron chi connectivity index (χ1n) is 8.07. The highest BCUT2D eigenvalue weighted by molar-refractivity contribution is 7.99. The van der Waals surface area contributed by atoms with Crippen molar-refractivity contribution in [3.8, 4) is 11.4 Å². The van der Waals surface area contributed by atoms with Crippen LogP contribution in [0, 0.1) is 5.82 Å². The molecule has 1 amide bonds. The number of nitrogens with zero attached hydrogens (tertiary/aromatic N) is 2. The minimum Gasteiger partial charge on any atom is -0.495 e. The quantitative estimate of drug-likeness (QED) is 0.616. The minimum atomic E-state index is -0.393. The van der Waals surface area contributed by atoms with Crippen LogP contribution in [0.4, 0.5) is 10.1 Å². The highest BCUT2D eigenvalue weighted by atomic mass is 35.5. The molecule has 1 heterocycles. The third-order valence-electron chi connectivity index (χ3n) is 3.69. The number of hydrogen-bond donors (Lipinski definition) is 1. The molecule has 9 heteroatoms. The van der Waals surface area contributed by atoms with E-state index in [2.05, 4.69) is 10.3 Å². The van der Waals surface area contributed by atoms with Gasteiger partial charge in [-0.25, -0.2) is 9.37 Å². The van der Waals surface area contributed by atoms with Gasteiger partial charge in [0.15, 0.2) is 5.03 Å². The van der Waals surface area contributed by atoms with Crippen molar-refractivity contribution < 1.29 is 13.9 Å². The highest BCUT2D eigenvalue weighted by Crippen LogP contribution is 2.27. The summed E-state index contributed by atoms with van der Waals surface area (Å²) in [6, 6.07) is 10.4. The first kappa shape index (κ1) is 19.9. The minimum absolute atomic E-state index is 0.0146. The lowest BCUT2D eigenvalue weighted by Crippen LogP contribution is -2.22. The number of aromatic nitrogens is 2. The average molecular weight is 420 g/mol. The van der Waals surface area contributed by atoms with Crippen LogP contribution >= 0.6 is 23.4 Å². The van der Waals surface area contributed by atoms with E-state index >= 15 is 0 Å². The summed E-state index contributed by atoms with van der Waals surface area (Å²) in [5.41, 5.74) is 0.633. The third-order valence-corrected chi connectivity index (χ3v) is 4.94. The summed E-state index contributed by atoms with van der Waals surface area (Å²) in [5.74, 6) is -0.219. The third kappa shape index (κ3) is 4.71. The summed E-state index contributed by atoms with van der Waals surface area (Å²) in [4.78, 5) is 28.8. The van der Waals surface area contributed by atoms with Crippen LogP contribution in [-0.4, -0.2) is 28.3 Å². The Kier molecular flexibility index (Phi) is 6.33. The van der Waals surface area contributed by atoms with Crippen molar-refractivity contribution in [2.24, 2.45) is 0 Å². The average Bonchev–Trinajstić information content (AvgIpc) is 2.68. The first-order chi connectivity index (χ1) is 13.5. The number of nitrogens with one attached hydrogen (secondary N) is 1. The molecule has 0 aliphatic rings. The molecule has 0 atom stereocenters. The molecule has 0 spiro atoms. The number of rotatable bonds is 6. The van der Waals surface area contributed by atoms with E-state index in [0.717, 1.165) is 11.8 Å². The lowest BCUT2D eigenvalue weighted by molar-refractivity contribution is -0.113. The second kappa shape index (κ2) is 8.90. The molecule has 144 valence electrons. The summed E-state index contributed by atoms with van der Waals surface area (Å²) in [7, 11) is 1.50. The Morgan fingerprint density at radius 1 is 1.29 bits per heavy atom. The van der Waals surface area contributed by atoms with Crippen LogP contribution in [0.25, 0.3) is 5.69 Å². The number of carbonyl (C=O) groups is 1. The zero-order valence-corrected chi connectivity index (χ0v) is 16.3. The van der Waals surface area contributed by atoms with Gasteiger partial charge in [0, 0.05) is 23.8 Å². The van der Waals surface area contributed by atoms with Gasteiger partial charge in [-0.3, -0.25) is 14.2 Å². The van der Waals surface area contributed by atoms with Gasteiger partial charge < -0.3 is 10.1 Å². The molecule has 1 N–H and O–H groups in total. The largest absolute Gasteiger partial charge is 0.495 e. The lowest BCUT2D eigenvalue weighted by atomic mass is 10.3. The predicted octanol–water partition coefficient (Wildman–Crippen LogP) is 3.76. The van der Waals surface area contributed by atoms with Crippen molar-refractivity contribution >= 4 is 35.0 Å². The number of hydrogen-bond acceptors (Lipinski definition) is 5. The summed E-state index contributed by atoms with van der Waals surface area (Å²) in [6.07, 6.45) is 2.94. The highest BCUT2D eigenvalue weighted by Gasteiger charge is 2.11. The fraction of sp³-hybridized carbons (Fsp3) is 0.105. The van der Waals surface area contributed by atoms with Crippen LogP contribution < -0.4 is 15.6 Å². The molecule has 0 saturated carbocycles. The second-order valence-electron chi connectivity index (χ2n) is 5.57. The lowest BCUT2D eigenvalue weighted by Gasteiger charge is -2.09. The summed E-state index contributed by atoms with van der Waals surface area (Å²) in [6.45, 7) is 0. The molecule has 0 radical (unpaired) electrons. The van der Waals surface area contributed by atoms with Gasteiger partial charge in [-0.15, -0.1) is 0 Å². The van der Waals surface area contributed by atoms with E-state index < -0.39 is 5.82 Å². The Morgan fingerprint density at radius 3 is 2.71 bits per heavy atom. The van der Waals surface area contributed by atoms with Gasteiger partial charge >= 0.3 is 0 Å². The van der Waals surface area contributed by atoms with Crippen LogP contribution in [0.15, 0.2) is 64.7 Å². The van der Waals surface area contributed by atoms with Crippen molar-refractivity contribution in [3.05, 3.63) is 76.1 Å². The van der Waals surface area contributed by atoms with Crippen LogP contribution in [0.5, 0.6) is 5.75 Å². The van der Waals surface area contributed by atoms with E-state index in [1.165, 1.54) is 48.3 Å². The van der Waals surface area contributed by atoms with Gasteiger partial charge in [-0.2, -0.15) is 0 Å². The number of thioether (sulfide) groups is 1. The van der Waals surface area contributed by atoms with Crippen LogP contribution in [0.3, 0.4) is 0 Å². The molecule has 0 unspecified atom stereocenters. The molecule has 0 saturated heterocycles. The van der Waals surface area contributed by atoms with Crippen molar-refractivity contribution in [2.45, 2.75) is 5.03 Å². The zero-order chi connectivity index (χ0) is 20.1. The maximum atomic E-state index is 13.1. The number of ether oxygens (including phenoxy) is 1. The van der Waals surface area contributed by atoms with Crippen LogP contribution in [0.1, 0.15) is 0 Å². The smallest absolute Gasteiger partial charge is 0.287 e. The SMILES string of the molecule is COc1ccc(NC(=O)CSc2nccn(-c3ccc(F)cc3)c2=O)cc1Cl. The molecule has 0 bridgehead atoms. The zero-order valence-electron chi connectivity index (χ0n) is 14.7. The molecule has 0 aliphatic carbocycles. The molecule has 28 heavy (non-hydrogen) atoms. The first-order valence-corrected chi connectivity index (χ1v) is 9.44. The summed E-state index contributed by atoms with van der Waals surface area (Å²) >= 11 is 7.04. The molecule has 0 fully saturated rings. The number of carbonyl (C=O) groups excluding carboxylic acids is 1. The van der Waals surface area contributed by atoms with Gasteiger partial charge in [-0.1, -0.05) is 23.4 Å². The molecule has 3 rings (SSSR count). The Bertz CT molecular complexity index is 1060. The Labute approximate surface area is 169 Å². The van der Waals surface area contributed by atoms with E-state index in [0.29, 0.717) is 22.1 Å². The van der Waals surface area contributed by atoms with Crippen LogP contribution in [-0.2, 0) is 4.79 Å². The van der Waals surface area contributed by atoms with Crippen molar-refractivity contribution in [3.63, 3.8) is 0 Å². The molecule has 2 aromatic carbocycles. The molecule has 0 aliphatic heterocycles. The molecular weight excluding hydrogens is 405 g/mol. The monoisotopic (exact) mass is 419 g/mol. The van der Waals surface area contributed by atoms with Gasteiger partial charge in [0.1, 0.15) is 11.6 Å². The summed E-state index contributed by atoms with van der Waals surface area (Å²) < 4.78 is 19.5. The molecule has 3 aromatic rings. The molecule has 6 nitrogen and oxygen atoms in total. The standard InChI is InChI=1S/C19H15ClFN3O3S/c1-27-16-7-4-13(10-15(16)20)23-17(25)11-28-18-19(26)24(9-8-22-18)14-5-2-12(21)3-6-14/h2-10H,11H2,1H3,(H,23,25). The maximum Gasteiger partial charge on any atom is 0.287 e. The van der Waals surface area contributed by atoms with E-state index in [1.54, 1.807) is 18.2 Å². The van der Waals surface area contributed by atoms with E-state index in [1.807, 2.05) is 0 Å². The predicted molar refractivity (Wildman–Crippen MR) is 107 cm³/mol.